The average molecular weight is 325 g/mol. The van der Waals surface area contributed by atoms with Crippen molar-refractivity contribution in [3.63, 3.8) is 0 Å². The summed E-state index contributed by atoms with van der Waals surface area (Å²) in [5, 5.41) is 3.12. The molecule has 0 radical (unpaired) electrons. The van der Waals surface area contributed by atoms with Crippen LogP contribution in [0.1, 0.15) is 23.2 Å². The van der Waals surface area contributed by atoms with E-state index in [1.807, 2.05) is 0 Å². The molecule has 1 aromatic heterocycles. The number of ether oxygens (including phenoxy) is 1. The Bertz CT molecular complexity index is 748. The number of nitrogens with two attached hydrogens (primary N) is 1. The molecule has 1 heterocycles. The van der Waals surface area contributed by atoms with Crippen LogP contribution in [0, 0.1) is 5.82 Å². The van der Waals surface area contributed by atoms with Gasteiger partial charge in [-0.25, -0.2) is 4.39 Å². The molecule has 0 spiro atoms. The molecule has 3 N–H and O–H groups in total. The zero-order chi connectivity index (χ0) is 16.6. The number of nitrogens with zero attached hydrogens (tertiary/aromatic N) is 1. The molecule has 0 bridgehead atoms. The number of pyridine rings is 1. The van der Waals surface area contributed by atoms with E-state index in [1.165, 1.54) is 12.3 Å². The van der Waals surface area contributed by atoms with Crippen LogP contribution in [-0.4, -0.2) is 29.6 Å². The van der Waals surface area contributed by atoms with Gasteiger partial charge in [0.25, 0.3) is 5.91 Å². The van der Waals surface area contributed by atoms with Gasteiger partial charge in [-0.2, -0.15) is 8.78 Å². The second-order valence-corrected chi connectivity index (χ2v) is 5.48. The molecule has 0 unspecified atom stereocenters. The van der Waals surface area contributed by atoms with Gasteiger partial charge in [-0.05, 0) is 25.0 Å². The third-order valence-electron chi connectivity index (χ3n) is 3.72. The van der Waals surface area contributed by atoms with Crippen molar-refractivity contribution >= 4 is 16.8 Å². The number of nitrogens with one attached hydrogen (secondary N) is 1. The molecular formula is C15H14F3N3O2. The fraction of sp³-hybridized carbons (Fsp3) is 0.333. The van der Waals surface area contributed by atoms with Crippen molar-refractivity contribution < 1.29 is 22.7 Å². The third kappa shape index (κ3) is 3.37. The van der Waals surface area contributed by atoms with Crippen molar-refractivity contribution in [2.45, 2.75) is 31.5 Å². The maximum atomic E-state index is 13.7. The molecule has 0 aliphatic heterocycles. The monoisotopic (exact) mass is 325 g/mol. The summed E-state index contributed by atoms with van der Waals surface area (Å²) in [4.78, 5) is 16.1. The van der Waals surface area contributed by atoms with E-state index in [0.29, 0.717) is 5.39 Å². The minimum absolute atomic E-state index is 0.0340. The molecule has 0 saturated heterocycles. The number of carbonyl (C=O) groups excluding carboxylic acids is 1. The predicted molar refractivity (Wildman–Crippen MR) is 76.8 cm³/mol. The summed E-state index contributed by atoms with van der Waals surface area (Å²) in [5.74, 6) is -1.85. The highest BCUT2D eigenvalue weighted by atomic mass is 19.3. The summed E-state index contributed by atoms with van der Waals surface area (Å²) in [6, 6.07) is 3.68. The van der Waals surface area contributed by atoms with Gasteiger partial charge in [0.05, 0.1) is 11.1 Å². The van der Waals surface area contributed by atoms with E-state index in [0.717, 1.165) is 25.0 Å². The van der Waals surface area contributed by atoms with Gasteiger partial charge < -0.3 is 15.8 Å². The van der Waals surface area contributed by atoms with Gasteiger partial charge in [-0.3, -0.25) is 9.78 Å². The van der Waals surface area contributed by atoms with E-state index in [2.05, 4.69) is 15.0 Å². The molecule has 1 aliphatic rings. The number of benzene rings is 1. The van der Waals surface area contributed by atoms with Gasteiger partial charge in [0.2, 0.25) is 0 Å². The summed E-state index contributed by atoms with van der Waals surface area (Å²) >= 11 is 0. The van der Waals surface area contributed by atoms with Crippen LogP contribution in [0.2, 0.25) is 0 Å². The molecule has 1 aliphatic carbocycles. The maximum absolute atomic E-state index is 13.7. The van der Waals surface area contributed by atoms with Crippen LogP contribution in [0.3, 0.4) is 0 Å². The summed E-state index contributed by atoms with van der Waals surface area (Å²) in [6.07, 6.45) is 2.74. The van der Waals surface area contributed by atoms with Crippen LogP contribution in [0.15, 0.2) is 24.4 Å². The first-order valence-corrected chi connectivity index (χ1v) is 7.03. The molecule has 5 nitrogen and oxygen atoms in total. The van der Waals surface area contributed by atoms with Gasteiger partial charge in [0.15, 0.2) is 11.6 Å². The molecule has 3 rings (SSSR count). The minimum atomic E-state index is -3.12. The van der Waals surface area contributed by atoms with Gasteiger partial charge in [0.1, 0.15) is 0 Å². The summed E-state index contributed by atoms with van der Waals surface area (Å²) in [6.45, 7) is -3.12. The number of hydrogen-bond donors (Lipinski definition) is 2. The third-order valence-corrected chi connectivity index (χ3v) is 3.72. The number of amides is 1. The van der Waals surface area contributed by atoms with Crippen LogP contribution in [-0.2, 0) is 0 Å². The molecule has 122 valence electrons. The second-order valence-electron chi connectivity index (χ2n) is 5.48. The van der Waals surface area contributed by atoms with E-state index in [1.54, 1.807) is 0 Å². The fourth-order valence-corrected chi connectivity index (χ4v) is 2.49. The molecular weight excluding hydrogens is 311 g/mol. The standard InChI is InChI=1S/C15H14F3N3O2/c16-11-2-7-1-8(14(22)21-10-3-9(19)4-10)6-20-12(7)5-13(11)23-15(17)18/h1-2,5-6,9-10,15H,3-4,19H2,(H,21,22)/t9-,10-. The highest BCUT2D eigenvalue weighted by Gasteiger charge is 2.27. The van der Waals surface area contributed by atoms with Gasteiger partial charge in [-0.15, -0.1) is 0 Å². The van der Waals surface area contributed by atoms with Crippen molar-refractivity contribution in [3.8, 4) is 5.75 Å². The number of carbonyl (C=O) groups is 1. The molecule has 1 amide bonds. The molecule has 2 aromatic rings. The van der Waals surface area contributed by atoms with E-state index in [4.69, 9.17) is 5.73 Å². The van der Waals surface area contributed by atoms with Crippen molar-refractivity contribution in [1.82, 2.24) is 10.3 Å². The summed E-state index contributed by atoms with van der Waals surface area (Å²) in [5.41, 5.74) is 6.17. The second kappa shape index (κ2) is 6.04. The van der Waals surface area contributed by atoms with Crippen molar-refractivity contribution in [2.24, 2.45) is 5.73 Å². The van der Waals surface area contributed by atoms with Crippen LogP contribution in [0.5, 0.6) is 5.75 Å². The molecule has 8 heteroatoms. The number of alkyl halides is 2. The minimum Gasteiger partial charge on any atom is -0.432 e. The first-order chi connectivity index (χ1) is 10.9. The normalized spacial score (nSPS) is 20.4. The Labute approximate surface area is 129 Å². The highest BCUT2D eigenvalue weighted by molar-refractivity contribution is 5.97. The molecule has 23 heavy (non-hydrogen) atoms. The van der Waals surface area contributed by atoms with Crippen LogP contribution >= 0.6 is 0 Å². The smallest absolute Gasteiger partial charge is 0.387 e. The molecule has 1 fully saturated rings. The fourth-order valence-electron chi connectivity index (χ4n) is 2.49. The quantitative estimate of drug-likeness (QED) is 0.903. The molecule has 0 atom stereocenters. The predicted octanol–water partition coefficient (Wildman–Crippen LogP) is 2.19. The number of hydrogen-bond acceptors (Lipinski definition) is 4. The Morgan fingerprint density at radius 2 is 2.09 bits per heavy atom. The zero-order valence-corrected chi connectivity index (χ0v) is 11.9. The first kappa shape index (κ1) is 15.5. The van der Waals surface area contributed by atoms with Crippen LogP contribution in [0.4, 0.5) is 13.2 Å². The van der Waals surface area contributed by atoms with E-state index >= 15 is 0 Å². The lowest BCUT2D eigenvalue weighted by atomic mass is 9.87. The SMILES string of the molecule is N[C@H]1C[C@H](NC(=O)c2cnc3cc(OC(F)F)c(F)cc3c2)C1. The topological polar surface area (TPSA) is 77.2 Å². The number of fused-ring (bicyclic) bond motifs is 1. The average Bonchev–Trinajstić information content (AvgIpc) is 2.45. The van der Waals surface area contributed by atoms with Gasteiger partial charge >= 0.3 is 6.61 Å². The Morgan fingerprint density at radius 1 is 1.35 bits per heavy atom. The summed E-state index contributed by atoms with van der Waals surface area (Å²) < 4.78 is 42.2. The van der Waals surface area contributed by atoms with Crippen LogP contribution < -0.4 is 15.8 Å². The first-order valence-electron chi connectivity index (χ1n) is 7.03. The number of aromatic nitrogens is 1. The maximum Gasteiger partial charge on any atom is 0.387 e. The Balaban J connectivity index is 1.82. The molecule has 1 aromatic carbocycles. The van der Waals surface area contributed by atoms with E-state index < -0.39 is 18.2 Å². The summed E-state index contributed by atoms with van der Waals surface area (Å²) in [7, 11) is 0. The van der Waals surface area contributed by atoms with Crippen molar-refractivity contribution in [2.75, 3.05) is 0 Å². The Kier molecular flexibility index (Phi) is 4.08. The zero-order valence-electron chi connectivity index (χ0n) is 11.9. The lowest BCUT2D eigenvalue weighted by molar-refractivity contribution is -0.0520. The van der Waals surface area contributed by atoms with Gasteiger partial charge in [0, 0.05) is 29.7 Å². The number of rotatable bonds is 4. The largest absolute Gasteiger partial charge is 0.432 e. The molecule has 1 saturated carbocycles. The van der Waals surface area contributed by atoms with E-state index in [-0.39, 0.29) is 29.1 Å². The Hall–Kier alpha value is -2.35. The Morgan fingerprint density at radius 3 is 2.74 bits per heavy atom. The number of halogens is 3. The lowest BCUT2D eigenvalue weighted by Crippen LogP contribution is -2.50. The van der Waals surface area contributed by atoms with E-state index in [9.17, 15) is 18.0 Å². The van der Waals surface area contributed by atoms with Crippen molar-refractivity contribution in [1.29, 1.82) is 0 Å². The van der Waals surface area contributed by atoms with Crippen molar-refractivity contribution in [3.05, 3.63) is 35.8 Å². The highest BCUT2D eigenvalue weighted by Crippen LogP contribution is 2.26. The lowest BCUT2D eigenvalue weighted by Gasteiger charge is -2.32. The van der Waals surface area contributed by atoms with Gasteiger partial charge in [-0.1, -0.05) is 0 Å². The van der Waals surface area contributed by atoms with Crippen LogP contribution in [0.25, 0.3) is 10.9 Å².